The number of thioether (sulfide) groups is 1. The van der Waals surface area contributed by atoms with E-state index in [2.05, 4.69) is 12.2 Å². The van der Waals surface area contributed by atoms with Crippen molar-refractivity contribution in [1.82, 2.24) is 0 Å². The van der Waals surface area contributed by atoms with E-state index in [1.807, 2.05) is 53.4 Å². The second kappa shape index (κ2) is 8.27. The van der Waals surface area contributed by atoms with E-state index < -0.39 is 0 Å². The second-order valence-corrected chi connectivity index (χ2v) is 7.26. The fourth-order valence-electron chi connectivity index (χ4n) is 2.97. The minimum Gasteiger partial charge on any atom is -0.497 e. The Morgan fingerprint density at radius 3 is 2.69 bits per heavy atom. The molecule has 6 heteroatoms. The zero-order chi connectivity index (χ0) is 18.5. The summed E-state index contributed by atoms with van der Waals surface area (Å²) in [5.41, 5.74) is 1.60. The van der Waals surface area contributed by atoms with Gasteiger partial charge in [0.05, 0.1) is 12.9 Å². The number of carbonyl (C=O) groups is 2. The van der Waals surface area contributed by atoms with Crippen LogP contribution >= 0.6 is 11.8 Å². The van der Waals surface area contributed by atoms with Crippen LogP contribution in [0, 0.1) is 0 Å². The summed E-state index contributed by atoms with van der Waals surface area (Å²) < 4.78 is 5.18. The molecule has 0 aliphatic carbocycles. The zero-order valence-electron chi connectivity index (χ0n) is 14.9. The lowest BCUT2D eigenvalue weighted by Gasteiger charge is -2.21. The van der Waals surface area contributed by atoms with Gasteiger partial charge < -0.3 is 15.0 Å². The lowest BCUT2D eigenvalue weighted by molar-refractivity contribution is -0.117. The molecule has 0 radical (unpaired) electrons. The molecule has 2 aromatic rings. The summed E-state index contributed by atoms with van der Waals surface area (Å²) in [6, 6.07) is 15.3. The van der Waals surface area contributed by atoms with Gasteiger partial charge in [-0.25, -0.2) is 0 Å². The smallest absolute Gasteiger partial charge is 0.234 e. The molecule has 1 aliphatic rings. The molecule has 1 fully saturated rings. The van der Waals surface area contributed by atoms with Crippen LogP contribution in [0.3, 0.4) is 0 Å². The number of ether oxygens (including phenoxy) is 1. The zero-order valence-corrected chi connectivity index (χ0v) is 15.7. The maximum absolute atomic E-state index is 12.2. The summed E-state index contributed by atoms with van der Waals surface area (Å²) in [4.78, 5) is 26.9. The molecule has 3 rings (SSSR count). The van der Waals surface area contributed by atoms with E-state index in [9.17, 15) is 9.59 Å². The van der Waals surface area contributed by atoms with Gasteiger partial charge in [-0.3, -0.25) is 9.59 Å². The molecule has 0 spiro atoms. The Labute approximate surface area is 157 Å². The minimum absolute atomic E-state index is 0.0730. The number of carbonyl (C=O) groups excluding carboxylic acids is 2. The van der Waals surface area contributed by atoms with Crippen LogP contribution in [0.5, 0.6) is 5.75 Å². The Balaban J connectivity index is 1.55. The van der Waals surface area contributed by atoms with Crippen LogP contribution in [-0.2, 0) is 9.59 Å². The van der Waals surface area contributed by atoms with Gasteiger partial charge in [0.25, 0.3) is 0 Å². The van der Waals surface area contributed by atoms with Crippen molar-refractivity contribution in [3.63, 3.8) is 0 Å². The van der Waals surface area contributed by atoms with E-state index in [1.54, 1.807) is 7.11 Å². The van der Waals surface area contributed by atoms with Gasteiger partial charge in [0.1, 0.15) is 5.75 Å². The number of hydrogen-bond donors (Lipinski definition) is 1. The maximum Gasteiger partial charge on any atom is 0.234 e. The van der Waals surface area contributed by atoms with Crippen LogP contribution < -0.4 is 15.0 Å². The van der Waals surface area contributed by atoms with Crippen molar-refractivity contribution in [2.75, 3.05) is 23.1 Å². The predicted octanol–water partition coefficient (Wildman–Crippen LogP) is 3.94. The van der Waals surface area contributed by atoms with Crippen molar-refractivity contribution in [2.45, 2.75) is 30.7 Å². The summed E-state index contributed by atoms with van der Waals surface area (Å²) in [7, 11) is 1.62. The summed E-state index contributed by atoms with van der Waals surface area (Å²) >= 11 is 1.46. The number of methoxy groups -OCH3 is 1. The summed E-state index contributed by atoms with van der Waals surface area (Å²) in [6.07, 6.45) is 1.49. The molecule has 1 atom stereocenters. The molecule has 2 amide bonds. The van der Waals surface area contributed by atoms with Crippen LogP contribution in [0.1, 0.15) is 19.8 Å². The monoisotopic (exact) mass is 370 g/mol. The van der Waals surface area contributed by atoms with Crippen LogP contribution in [0.15, 0.2) is 53.4 Å². The highest BCUT2D eigenvalue weighted by molar-refractivity contribution is 8.00. The van der Waals surface area contributed by atoms with E-state index in [1.165, 1.54) is 11.8 Å². The highest BCUT2D eigenvalue weighted by Gasteiger charge is 2.28. The van der Waals surface area contributed by atoms with Crippen molar-refractivity contribution in [3.8, 4) is 5.75 Å². The van der Waals surface area contributed by atoms with Crippen molar-refractivity contribution < 1.29 is 14.3 Å². The number of hydrogen-bond acceptors (Lipinski definition) is 4. The molecule has 0 bridgehead atoms. The largest absolute Gasteiger partial charge is 0.497 e. The molecule has 1 heterocycles. The van der Waals surface area contributed by atoms with Crippen molar-refractivity contribution in [3.05, 3.63) is 48.5 Å². The lowest BCUT2D eigenvalue weighted by atomic mass is 10.2. The van der Waals surface area contributed by atoms with Gasteiger partial charge in [0.2, 0.25) is 11.8 Å². The first-order chi connectivity index (χ1) is 12.6. The Morgan fingerprint density at radius 2 is 2.04 bits per heavy atom. The molecule has 0 saturated carbocycles. The third-order valence-corrected chi connectivity index (χ3v) is 5.32. The highest BCUT2D eigenvalue weighted by Crippen LogP contribution is 2.28. The van der Waals surface area contributed by atoms with Gasteiger partial charge in [-0.2, -0.15) is 0 Å². The first kappa shape index (κ1) is 18.3. The molecule has 0 aromatic heterocycles. The highest BCUT2D eigenvalue weighted by atomic mass is 32.2. The standard InChI is InChI=1S/C20H22N2O3S/c1-14-6-11-20(24)22(14)16-9-7-15(8-10-16)21-19(23)13-26-18-5-3-4-17(12-18)25-2/h3-5,7-10,12,14H,6,11,13H2,1-2H3,(H,21,23). The molecule has 136 valence electrons. The normalized spacial score (nSPS) is 16.6. The Kier molecular flexibility index (Phi) is 5.83. The number of rotatable bonds is 6. The number of amides is 2. The predicted molar refractivity (Wildman–Crippen MR) is 105 cm³/mol. The topological polar surface area (TPSA) is 58.6 Å². The molecule has 1 saturated heterocycles. The molecule has 5 nitrogen and oxygen atoms in total. The first-order valence-electron chi connectivity index (χ1n) is 8.55. The Bertz CT molecular complexity index is 792. The fraction of sp³-hybridized carbons (Fsp3) is 0.300. The molecule has 1 unspecified atom stereocenters. The van der Waals surface area contributed by atoms with Crippen molar-refractivity contribution >= 4 is 35.0 Å². The van der Waals surface area contributed by atoms with E-state index in [4.69, 9.17) is 4.74 Å². The van der Waals surface area contributed by atoms with Crippen LogP contribution in [-0.4, -0.2) is 30.7 Å². The summed E-state index contributed by atoms with van der Waals surface area (Å²) in [6.45, 7) is 2.05. The third kappa shape index (κ3) is 4.38. The summed E-state index contributed by atoms with van der Waals surface area (Å²) in [5, 5.41) is 2.89. The molecule has 1 aliphatic heterocycles. The van der Waals surface area contributed by atoms with E-state index >= 15 is 0 Å². The number of nitrogens with zero attached hydrogens (tertiary/aromatic N) is 1. The van der Waals surface area contributed by atoms with Gasteiger partial charge in [0.15, 0.2) is 0 Å². The molecule has 1 N–H and O–H groups in total. The van der Waals surface area contributed by atoms with Crippen LogP contribution in [0.25, 0.3) is 0 Å². The Hall–Kier alpha value is -2.47. The maximum atomic E-state index is 12.2. The van der Waals surface area contributed by atoms with Crippen molar-refractivity contribution in [1.29, 1.82) is 0 Å². The molecule has 26 heavy (non-hydrogen) atoms. The van der Waals surface area contributed by atoms with Crippen molar-refractivity contribution in [2.24, 2.45) is 0 Å². The number of benzene rings is 2. The quantitative estimate of drug-likeness (QED) is 0.783. The molecular weight excluding hydrogens is 348 g/mol. The fourth-order valence-corrected chi connectivity index (χ4v) is 3.71. The van der Waals surface area contributed by atoms with Gasteiger partial charge >= 0.3 is 0 Å². The summed E-state index contributed by atoms with van der Waals surface area (Å²) in [5.74, 6) is 1.17. The third-order valence-electron chi connectivity index (χ3n) is 4.33. The van der Waals surface area contributed by atoms with Crippen LogP contribution in [0.4, 0.5) is 11.4 Å². The second-order valence-electron chi connectivity index (χ2n) is 6.21. The van der Waals surface area contributed by atoms with Gasteiger partial charge in [0, 0.05) is 28.7 Å². The van der Waals surface area contributed by atoms with E-state index in [-0.39, 0.29) is 17.9 Å². The number of nitrogens with one attached hydrogen (secondary N) is 1. The van der Waals surface area contributed by atoms with Gasteiger partial charge in [-0.05, 0) is 55.8 Å². The van der Waals surface area contributed by atoms with Crippen LogP contribution in [0.2, 0.25) is 0 Å². The molecule has 2 aromatic carbocycles. The van der Waals surface area contributed by atoms with Gasteiger partial charge in [-0.1, -0.05) is 6.07 Å². The first-order valence-corrected chi connectivity index (χ1v) is 9.54. The number of anilines is 2. The average Bonchev–Trinajstić information content (AvgIpc) is 2.99. The average molecular weight is 370 g/mol. The lowest BCUT2D eigenvalue weighted by Crippen LogP contribution is -2.30. The Morgan fingerprint density at radius 1 is 1.27 bits per heavy atom. The van der Waals surface area contributed by atoms with E-state index in [0.717, 1.165) is 28.4 Å². The minimum atomic E-state index is -0.0730. The van der Waals surface area contributed by atoms with E-state index in [0.29, 0.717) is 12.2 Å². The molecular formula is C20H22N2O3S. The SMILES string of the molecule is COc1cccc(SCC(=O)Nc2ccc(N3C(=O)CCC3C)cc2)c1. The van der Waals surface area contributed by atoms with Gasteiger partial charge in [-0.15, -0.1) is 11.8 Å².